The van der Waals surface area contributed by atoms with Gasteiger partial charge in [-0.25, -0.2) is 0 Å². The van der Waals surface area contributed by atoms with Crippen molar-refractivity contribution >= 4 is 9.17 Å². The third kappa shape index (κ3) is 94.8. The normalized spacial score (nSPS) is 3.43. The Morgan fingerprint density at radius 1 is 1.14 bits per heavy atom. The summed E-state index contributed by atoms with van der Waals surface area (Å²) in [6.45, 7) is 0. The van der Waals surface area contributed by atoms with E-state index < -0.39 is 9.17 Å². The van der Waals surface area contributed by atoms with Gasteiger partial charge in [0.1, 0.15) is 0 Å². The van der Waals surface area contributed by atoms with Gasteiger partial charge in [0.2, 0.25) is 0 Å². The average molecular weight is 140 g/mol. The van der Waals surface area contributed by atoms with Gasteiger partial charge >= 0.3 is 59.1 Å². The third-order valence-electron chi connectivity index (χ3n) is 0. The Bertz CT molecular complexity index is 32.7. The fourth-order valence-corrected chi connectivity index (χ4v) is 0. The van der Waals surface area contributed by atoms with Crippen LogP contribution >= 0.6 is 0 Å². The topological polar surface area (TPSA) is 94.7 Å². The van der Waals surface area contributed by atoms with Gasteiger partial charge in [0.25, 0.3) is 0 Å². The van der Waals surface area contributed by atoms with Gasteiger partial charge in [0.15, 0.2) is 0 Å². The van der Waals surface area contributed by atoms with Gasteiger partial charge in [-0.1, -0.05) is 0 Å². The summed E-state index contributed by atoms with van der Waals surface area (Å²) in [6.07, 6.45) is 0. The molecule has 0 atom stereocenters. The molecule has 0 aromatic rings. The molecule has 0 aliphatic heterocycles. The minimum absolute atomic E-state index is 0. The maximum Gasteiger partial charge on any atom is 1.00 e. The SMILES string of the molecule is O.O=[Si]([O-])[O-].[Na+].[Na+]. The van der Waals surface area contributed by atoms with E-state index in [1.165, 1.54) is 0 Å². The minimum atomic E-state index is -3.63. The van der Waals surface area contributed by atoms with Gasteiger partial charge in [0, 0.05) is 9.17 Å². The van der Waals surface area contributed by atoms with Gasteiger partial charge in [-0.15, -0.1) is 0 Å². The molecule has 7 heavy (non-hydrogen) atoms. The van der Waals surface area contributed by atoms with Gasteiger partial charge in [0.05, 0.1) is 0 Å². The van der Waals surface area contributed by atoms with E-state index in [1.807, 2.05) is 0 Å². The van der Waals surface area contributed by atoms with Crippen molar-refractivity contribution in [3.63, 3.8) is 0 Å². The first-order chi connectivity index (χ1) is 1.73. The van der Waals surface area contributed by atoms with E-state index in [2.05, 4.69) is 0 Å². The molecule has 0 radical (unpaired) electrons. The summed E-state index contributed by atoms with van der Waals surface area (Å²) in [5, 5.41) is 0. The standard InChI is InChI=1S/2Na.O3Si.H2O/c;;1-4(2)3;/h;;;1H2/q2*+1;-2;. The summed E-state index contributed by atoms with van der Waals surface area (Å²) in [6, 6.07) is 0. The number of hydrogen-bond acceptors (Lipinski definition) is 3. The Balaban J connectivity index is -0.0000000150. The van der Waals surface area contributed by atoms with Crippen LogP contribution < -0.4 is 68.7 Å². The molecule has 0 fully saturated rings. The van der Waals surface area contributed by atoms with Crippen LogP contribution in [0.2, 0.25) is 0 Å². The van der Waals surface area contributed by atoms with Crippen LogP contribution in [0.1, 0.15) is 0 Å². The van der Waals surface area contributed by atoms with Crippen LogP contribution in [0, 0.1) is 0 Å². The van der Waals surface area contributed by atoms with Crippen LogP contribution in [0.3, 0.4) is 0 Å². The van der Waals surface area contributed by atoms with Crippen LogP contribution in [-0.2, 0) is 4.46 Å². The molecular formula is H2Na2O4Si. The van der Waals surface area contributed by atoms with E-state index in [4.69, 9.17) is 14.1 Å². The van der Waals surface area contributed by atoms with E-state index in [0.29, 0.717) is 0 Å². The molecule has 0 amide bonds. The summed E-state index contributed by atoms with van der Waals surface area (Å²) >= 11 is 0. The summed E-state index contributed by atoms with van der Waals surface area (Å²) < 4.78 is 8.52. The van der Waals surface area contributed by atoms with Crippen LogP contribution in [0.25, 0.3) is 0 Å². The van der Waals surface area contributed by atoms with E-state index in [1.54, 1.807) is 0 Å². The zero-order chi connectivity index (χ0) is 3.58. The smallest absolute Gasteiger partial charge is 0.672 e. The molecule has 0 bridgehead atoms. The molecule has 0 rings (SSSR count). The molecule has 0 aliphatic rings. The molecule has 0 saturated heterocycles. The Labute approximate surface area is 86.7 Å². The van der Waals surface area contributed by atoms with E-state index in [-0.39, 0.29) is 64.6 Å². The van der Waals surface area contributed by atoms with Crippen molar-refractivity contribution in [3.05, 3.63) is 0 Å². The molecule has 0 unspecified atom stereocenters. The predicted molar refractivity (Wildman–Crippen MR) is 10.1 cm³/mol. The monoisotopic (exact) mass is 140 g/mol. The molecule has 7 heteroatoms. The van der Waals surface area contributed by atoms with Crippen molar-refractivity contribution in [1.29, 1.82) is 0 Å². The van der Waals surface area contributed by atoms with Crippen molar-refractivity contribution < 1.29 is 78.6 Å². The molecular weight excluding hydrogens is 138 g/mol. The molecule has 4 nitrogen and oxygen atoms in total. The van der Waals surface area contributed by atoms with Gasteiger partial charge < -0.3 is 19.5 Å². The van der Waals surface area contributed by atoms with E-state index in [9.17, 15) is 0 Å². The molecule has 0 heterocycles. The Kier molecular flexibility index (Phi) is 52.5. The fraction of sp³-hybridized carbons (Fsp3) is 0. The first-order valence-corrected chi connectivity index (χ1v) is 1.84. The summed E-state index contributed by atoms with van der Waals surface area (Å²) in [5.41, 5.74) is 0. The second-order valence-electron chi connectivity index (χ2n) is 0.250. The molecule has 2 N–H and O–H groups in total. The average Bonchev–Trinajstić information content (AvgIpc) is 0.811. The number of rotatable bonds is 0. The largest absolute Gasteiger partial charge is 1.00 e. The molecule has 0 saturated carbocycles. The van der Waals surface area contributed by atoms with Crippen molar-refractivity contribution in [2.75, 3.05) is 0 Å². The van der Waals surface area contributed by atoms with E-state index >= 15 is 0 Å². The fourth-order valence-electron chi connectivity index (χ4n) is 0. The van der Waals surface area contributed by atoms with Gasteiger partial charge in [-0.05, 0) is 0 Å². The van der Waals surface area contributed by atoms with Crippen molar-refractivity contribution in [1.82, 2.24) is 0 Å². The maximum atomic E-state index is 8.52. The Morgan fingerprint density at radius 2 is 1.14 bits per heavy atom. The molecule has 0 aromatic heterocycles. The quantitative estimate of drug-likeness (QED) is 0.312. The first kappa shape index (κ1) is 23.5. The Morgan fingerprint density at radius 3 is 1.14 bits per heavy atom. The predicted octanol–water partition coefficient (Wildman–Crippen LogP) is -9.69. The first-order valence-electron chi connectivity index (χ1n) is 0.612. The summed E-state index contributed by atoms with van der Waals surface area (Å²) in [7, 11) is -3.63. The van der Waals surface area contributed by atoms with Crippen LogP contribution in [-0.4, -0.2) is 14.6 Å². The zero-order valence-corrected chi connectivity index (χ0v) is 9.22. The molecule has 32 valence electrons. The minimum Gasteiger partial charge on any atom is -0.672 e. The maximum absolute atomic E-state index is 8.52. The van der Waals surface area contributed by atoms with E-state index in [0.717, 1.165) is 0 Å². The number of hydrogen-bond donors (Lipinski definition) is 0. The summed E-state index contributed by atoms with van der Waals surface area (Å²) in [4.78, 5) is 17.0. The van der Waals surface area contributed by atoms with Crippen LogP contribution in [0.4, 0.5) is 0 Å². The van der Waals surface area contributed by atoms with Crippen molar-refractivity contribution in [3.8, 4) is 0 Å². The second-order valence-corrected chi connectivity index (χ2v) is 0.750. The van der Waals surface area contributed by atoms with Crippen LogP contribution in [0.5, 0.6) is 0 Å². The van der Waals surface area contributed by atoms with Gasteiger partial charge in [-0.2, -0.15) is 0 Å². The molecule has 0 aliphatic carbocycles. The third-order valence-corrected chi connectivity index (χ3v) is 0. The Hall–Kier alpha value is 1.58. The molecule has 0 spiro atoms. The van der Waals surface area contributed by atoms with Crippen LogP contribution in [0.15, 0.2) is 0 Å². The van der Waals surface area contributed by atoms with Crippen molar-refractivity contribution in [2.45, 2.75) is 0 Å². The summed E-state index contributed by atoms with van der Waals surface area (Å²) in [5.74, 6) is 0. The molecule has 0 aromatic carbocycles. The van der Waals surface area contributed by atoms with Gasteiger partial charge in [-0.3, -0.25) is 0 Å². The van der Waals surface area contributed by atoms with Crippen molar-refractivity contribution in [2.24, 2.45) is 0 Å². The zero-order valence-electron chi connectivity index (χ0n) is 4.22. The second kappa shape index (κ2) is 15.6.